The molecule has 0 atom stereocenters. The van der Waals surface area contributed by atoms with Crippen molar-refractivity contribution in [2.45, 2.75) is 39.3 Å². The van der Waals surface area contributed by atoms with Crippen LogP contribution in [0.2, 0.25) is 0 Å². The minimum Gasteiger partial charge on any atom is -0.497 e. The van der Waals surface area contributed by atoms with E-state index < -0.39 is 0 Å². The highest BCUT2D eigenvalue weighted by Gasteiger charge is 2.24. The lowest BCUT2D eigenvalue weighted by atomic mass is 10.1. The van der Waals surface area contributed by atoms with Gasteiger partial charge in [0.2, 0.25) is 11.8 Å². The Morgan fingerprint density at radius 3 is 2.71 bits per heavy atom. The first-order chi connectivity index (χ1) is 13.5. The van der Waals surface area contributed by atoms with Gasteiger partial charge in [-0.2, -0.15) is 5.10 Å². The lowest BCUT2D eigenvalue weighted by Crippen LogP contribution is -2.38. The van der Waals surface area contributed by atoms with Gasteiger partial charge >= 0.3 is 0 Å². The van der Waals surface area contributed by atoms with Gasteiger partial charge in [0.25, 0.3) is 0 Å². The van der Waals surface area contributed by atoms with E-state index in [1.54, 1.807) is 31.3 Å². The molecule has 0 bridgehead atoms. The Morgan fingerprint density at radius 2 is 1.96 bits per heavy atom. The molecule has 0 unspecified atom stereocenters. The predicted octanol–water partition coefficient (Wildman–Crippen LogP) is 2.04. The molecule has 1 aliphatic rings. The van der Waals surface area contributed by atoms with Crippen LogP contribution in [0, 0.1) is 6.92 Å². The number of nitrogens with zero attached hydrogens (tertiary/aromatic N) is 3. The van der Waals surface area contributed by atoms with Crippen LogP contribution >= 0.6 is 0 Å². The number of aromatic nitrogens is 2. The Morgan fingerprint density at radius 1 is 1.14 bits per heavy atom. The number of fused-ring (bicyclic) bond motifs is 1. The third-order valence-corrected chi connectivity index (χ3v) is 4.74. The van der Waals surface area contributed by atoms with E-state index in [2.05, 4.69) is 10.4 Å². The van der Waals surface area contributed by atoms with Crippen molar-refractivity contribution in [2.75, 3.05) is 25.7 Å². The summed E-state index contributed by atoms with van der Waals surface area (Å²) < 4.78 is 12.4. The van der Waals surface area contributed by atoms with Gasteiger partial charge in [0, 0.05) is 44.1 Å². The van der Waals surface area contributed by atoms with Crippen LogP contribution in [0.4, 0.5) is 5.82 Å². The topological polar surface area (TPSA) is 85.7 Å². The summed E-state index contributed by atoms with van der Waals surface area (Å²) in [6, 6.07) is 7.33. The number of ether oxygens (including phenoxy) is 2. The van der Waals surface area contributed by atoms with Crippen LogP contribution in [0.25, 0.3) is 0 Å². The summed E-state index contributed by atoms with van der Waals surface area (Å²) in [6.07, 6.45) is 1.15. The average Bonchev–Trinajstić information content (AvgIpc) is 3.10. The molecule has 0 radical (unpaired) electrons. The van der Waals surface area contributed by atoms with Crippen LogP contribution in [-0.4, -0.2) is 42.4 Å². The first-order valence-corrected chi connectivity index (χ1v) is 9.34. The molecule has 0 spiro atoms. The molecule has 3 rings (SSSR count). The van der Waals surface area contributed by atoms with Gasteiger partial charge in [-0.05, 0) is 31.5 Å². The minimum atomic E-state index is -0.181. The Bertz CT molecular complexity index is 862. The zero-order valence-corrected chi connectivity index (χ0v) is 16.5. The number of carbonyl (C=O) groups is 2. The molecule has 28 heavy (non-hydrogen) atoms. The lowest BCUT2D eigenvalue weighted by Gasteiger charge is -2.27. The summed E-state index contributed by atoms with van der Waals surface area (Å²) in [4.78, 5) is 26.6. The van der Waals surface area contributed by atoms with Crippen LogP contribution in [0.3, 0.4) is 0 Å². The molecule has 0 fully saturated rings. The van der Waals surface area contributed by atoms with Gasteiger partial charge in [-0.1, -0.05) is 0 Å². The van der Waals surface area contributed by atoms with Crippen LogP contribution in [-0.2, 0) is 22.7 Å². The summed E-state index contributed by atoms with van der Waals surface area (Å²) in [5.41, 5.74) is 1.71. The Hall–Kier alpha value is -3.03. The van der Waals surface area contributed by atoms with Crippen molar-refractivity contribution in [3.8, 4) is 11.5 Å². The molecule has 0 saturated carbocycles. The number of anilines is 1. The molecule has 0 aliphatic carbocycles. The van der Waals surface area contributed by atoms with Gasteiger partial charge in [0.1, 0.15) is 17.3 Å². The number of benzene rings is 1. The van der Waals surface area contributed by atoms with Crippen LogP contribution in [0.15, 0.2) is 24.3 Å². The van der Waals surface area contributed by atoms with Crippen molar-refractivity contribution in [1.82, 2.24) is 15.1 Å². The number of methoxy groups -OCH3 is 2. The maximum Gasteiger partial charge on any atom is 0.228 e. The average molecular weight is 386 g/mol. The third-order valence-electron chi connectivity index (χ3n) is 4.74. The maximum absolute atomic E-state index is 12.6. The standard InChI is InChI=1S/C20H26N4O4/c1-14-11-19-23(9-4-10-24(19)22-14)20(26)8-7-18(25)21-13-15-12-16(27-2)5-6-17(15)28-3/h5-6,11-12H,4,7-10,13H2,1-3H3,(H,21,25). The SMILES string of the molecule is COc1ccc(OC)c(CNC(=O)CCC(=O)N2CCCn3nc(C)cc32)c1. The normalized spacial score (nSPS) is 13.0. The predicted molar refractivity (Wildman–Crippen MR) is 105 cm³/mol. The van der Waals surface area contributed by atoms with E-state index in [0.717, 1.165) is 30.0 Å². The molecular formula is C20H26N4O4. The summed E-state index contributed by atoms with van der Waals surface area (Å²) >= 11 is 0. The Balaban J connectivity index is 1.53. The van der Waals surface area contributed by atoms with E-state index in [-0.39, 0.29) is 24.7 Å². The summed E-state index contributed by atoms with van der Waals surface area (Å²) in [7, 11) is 3.17. The molecule has 2 heterocycles. The van der Waals surface area contributed by atoms with E-state index >= 15 is 0 Å². The Kier molecular flexibility index (Phi) is 6.18. The zero-order chi connectivity index (χ0) is 20.1. The number of hydrogen-bond donors (Lipinski definition) is 1. The fourth-order valence-electron chi connectivity index (χ4n) is 3.32. The van der Waals surface area contributed by atoms with E-state index in [1.165, 1.54) is 0 Å². The maximum atomic E-state index is 12.6. The molecule has 8 heteroatoms. The molecule has 2 amide bonds. The van der Waals surface area contributed by atoms with Crippen molar-refractivity contribution in [1.29, 1.82) is 0 Å². The van der Waals surface area contributed by atoms with E-state index in [0.29, 0.717) is 24.6 Å². The summed E-state index contributed by atoms with van der Waals surface area (Å²) in [5.74, 6) is 1.94. The first kappa shape index (κ1) is 19.7. The smallest absolute Gasteiger partial charge is 0.228 e. The van der Waals surface area contributed by atoms with Crippen LogP contribution < -0.4 is 19.7 Å². The van der Waals surface area contributed by atoms with Crippen LogP contribution in [0.5, 0.6) is 11.5 Å². The summed E-state index contributed by atoms with van der Waals surface area (Å²) in [5, 5.41) is 7.24. The monoisotopic (exact) mass is 386 g/mol. The molecule has 8 nitrogen and oxygen atoms in total. The number of hydrogen-bond acceptors (Lipinski definition) is 5. The second-order valence-corrected chi connectivity index (χ2v) is 6.72. The van der Waals surface area contributed by atoms with Gasteiger partial charge < -0.3 is 14.8 Å². The molecule has 1 aromatic carbocycles. The van der Waals surface area contributed by atoms with E-state index in [1.807, 2.05) is 23.7 Å². The van der Waals surface area contributed by atoms with Crippen molar-refractivity contribution in [3.05, 3.63) is 35.5 Å². The number of nitrogens with one attached hydrogen (secondary N) is 1. The highest BCUT2D eigenvalue weighted by molar-refractivity contribution is 5.95. The van der Waals surface area contributed by atoms with Gasteiger partial charge in [-0.3, -0.25) is 14.5 Å². The van der Waals surface area contributed by atoms with Crippen molar-refractivity contribution in [2.24, 2.45) is 0 Å². The number of carbonyl (C=O) groups excluding carboxylic acids is 2. The van der Waals surface area contributed by atoms with Gasteiger partial charge in [-0.25, -0.2) is 4.68 Å². The van der Waals surface area contributed by atoms with E-state index in [4.69, 9.17) is 9.47 Å². The van der Waals surface area contributed by atoms with Crippen molar-refractivity contribution >= 4 is 17.6 Å². The summed E-state index contributed by atoms with van der Waals surface area (Å²) in [6.45, 7) is 3.69. The van der Waals surface area contributed by atoms with E-state index in [9.17, 15) is 9.59 Å². The first-order valence-electron chi connectivity index (χ1n) is 9.34. The fourth-order valence-corrected chi connectivity index (χ4v) is 3.32. The quantitative estimate of drug-likeness (QED) is 0.787. The molecular weight excluding hydrogens is 360 g/mol. The van der Waals surface area contributed by atoms with Crippen molar-refractivity contribution in [3.63, 3.8) is 0 Å². The van der Waals surface area contributed by atoms with Gasteiger partial charge in [-0.15, -0.1) is 0 Å². The highest BCUT2D eigenvalue weighted by Crippen LogP contribution is 2.24. The molecule has 150 valence electrons. The second-order valence-electron chi connectivity index (χ2n) is 6.72. The molecule has 2 aromatic rings. The van der Waals surface area contributed by atoms with Crippen LogP contribution in [0.1, 0.15) is 30.5 Å². The lowest BCUT2D eigenvalue weighted by molar-refractivity contribution is -0.125. The Labute approximate surface area is 164 Å². The molecule has 1 N–H and O–H groups in total. The van der Waals surface area contributed by atoms with Crippen molar-refractivity contribution < 1.29 is 19.1 Å². The second kappa shape index (κ2) is 8.77. The number of rotatable bonds is 7. The highest BCUT2D eigenvalue weighted by atomic mass is 16.5. The molecule has 0 saturated heterocycles. The van der Waals surface area contributed by atoms with Gasteiger partial charge in [0.15, 0.2) is 0 Å². The fraction of sp³-hybridized carbons (Fsp3) is 0.450. The molecule has 1 aliphatic heterocycles. The zero-order valence-electron chi connectivity index (χ0n) is 16.5. The number of aryl methyl sites for hydroxylation is 2. The third kappa shape index (κ3) is 4.44. The minimum absolute atomic E-state index is 0.0602. The largest absolute Gasteiger partial charge is 0.497 e. The molecule has 1 aromatic heterocycles. The van der Waals surface area contributed by atoms with Gasteiger partial charge in [0.05, 0.1) is 19.9 Å². The number of amides is 2.